The minimum absolute atomic E-state index is 0.0973. The summed E-state index contributed by atoms with van der Waals surface area (Å²) in [4.78, 5) is 17.2. The Bertz CT molecular complexity index is 1230. The molecule has 0 radical (unpaired) electrons. The number of benzene rings is 1. The van der Waals surface area contributed by atoms with Crippen LogP contribution in [0.4, 0.5) is 0 Å². The highest BCUT2D eigenvalue weighted by molar-refractivity contribution is 7.99. The van der Waals surface area contributed by atoms with E-state index in [9.17, 15) is 4.79 Å². The van der Waals surface area contributed by atoms with Crippen molar-refractivity contribution in [1.82, 2.24) is 24.3 Å². The smallest absolute Gasteiger partial charge is 0.196 e. The lowest BCUT2D eigenvalue weighted by atomic mass is 10.2. The molecule has 3 heterocycles. The minimum Gasteiger partial charge on any atom is -0.349 e. The third-order valence-electron chi connectivity index (χ3n) is 5.43. The molecule has 0 N–H and O–H groups in total. The molecule has 0 saturated heterocycles. The van der Waals surface area contributed by atoms with E-state index in [-0.39, 0.29) is 5.78 Å². The van der Waals surface area contributed by atoms with Crippen LogP contribution in [-0.4, -0.2) is 35.9 Å². The third-order valence-corrected chi connectivity index (χ3v) is 6.36. The average molecular weight is 432 g/mol. The molecule has 0 saturated carbocycles. The fourth-order valence-electron chi connectivity index (χ4n) is 3.85. The van der Waals surface area contributed by atoms with Gasteiger partial charge in [0.1, 0.15) is 0 Å². The standard InChI is InChI=1S/C24H25N5OS/c1-5-28-17(3)13-20(18(28)4)22(30)15-31-24-27-26-23(19-10-8-12-25-14-19)29(24)21-11-7-6-9-16(21)2/h6-14H,5,15H2,1-4H3. The molecule has 7 heteroatoms. The van der Waals surface area contributed by atoms with Crippen molar-refractivity contribution in [2.45, 2.75) is 39.4 Å². The molecule has 0 aliphatic rings. The highest BCUT2D eigenvalue weighted by Crippen LogP contribution is 2.30. The molecule has 0 spiro atoms. The summed E-state index contributed by atoms with van der Waals surface area (Å²) >= 11 is 1.41. The van der Waals surface area contributed by atoms with Gasteiger partial charge in [0.25, 0.3) is 0 Å². The second-order valence-corrected chi connectivity index (χ2v) is 8.35. The lowest BCUT2D eigenvalue weighted by molar-refractivity contribution is 0.102. The van der Waals surface area contributed by atoms with Crippen LogP contribution in [0.1, 0.15) is 34.2 Å². The molecule has 0 fully saturated rings. The van der Waals surface area contributed by atoms with Crippen LogP contribution in [-0.2, 0) is 6.54 Å². The molecule has 31 heavy (non-hydrogen) atoms. The van der Waals surface area contributed by atoms with Gasteiger partial charge in [-0.3, -0.25) is 14.3 Å². The zero-order valence-electron chi connectivity index (χ0n) is 18.2. The Labute approximate surface area is 186 Å². The number of aryl methyl sites for hydroxylation is 2. The van der Waals surface area contributed by atoms with Gasteiger partial charge in [-0.05, 0) is 57.5 Å². The molecule has 4 rings (SSSR count). The Balaban J connectivity index is 1.69. The van der Waals surface area contributed by atoms with Gasteiger partial charge in [-0.2, -0.15) is 0 Å². The van der Waals surface area contributed by atoms with Gasteiger partial charge in [0.2, 0.25) is 0 Å². The number of carbonyl (C=O) groups is 1. The first-order valence-corrected chi connectivity index (χ1v) is 11.2. The first kappa shape index (κ1) is 21.1. The fourth-order valence-corrected chi connectivity index (χ4v) is 4.68. The summed E-state index contributed by atoms with van der Waals surface area (Å²) in [6.07, 6.45) is 3.51. The number of nitrogens with zero attached hydrogens (tertiary/aromatic N) is 5. The van der Waals surface area contributed by atoms with Gasteiger partial charge in [0.05, 0.1) is 11.4 Å². The number of thioether (sulfide) groups is 1. The molecule has 0 amide bonds. The highest BCUT2D eigenvalue weighted by Gasteiger charge is 2.20. The molecule has 1 aromatic carbocycles. The van der Waals surface area contributed by atoms with Crippen LogP contribution < -0.4 is 0 Å². The molecule has 0 unspecified atom stereocenters. The Morgan fingerprint density at radius 1 is 1.06 bits per heavy atom. The van der Waals surface area contributed by atoms with Gasteiger partial charge < -0.3 is 4.57 Å². The third kappa shape index (κ3) is 4.05. The lowest BCUT2D eigenvalue weighted by Crippen LogP contribution is -2.07. The van der Waals surface area contributed by atoms with Crippen molar-refractivity contribution in [3.63, 3.8) is 0 Å². The summed E-state index contributed by atoms with van der Waals surface area (Å²) in [5.74, 6) is 1.10. The number of pyridine rings is 1. The first-order valence-electron chi connectivity index (χ1n) is 10.3. The second kappa shape index (κ2) is 8.89. The van der Waals surface area contributed by atoms with E-state index in [0.29, 0.717) is 16.7 Å². The number of carbonyl (C=O) groups excluding carboxylic acids is 1. The van der Waals surface area contributed by atoms with Gasteiger partial charge in [-0.25, -0.2) is 0 Å². The molecule has 158 valence electrons. The predicted octanol–water partition coefficient (Wildman–Crippen LogP) is 5.05. The van der Waals surface area contributed by atoms with Crippen molar-refractivity contribution in [1.29, 1.82) is 0 Å². The highest BCUT2D eigenvalue weighted by atomic mass is 32.2. The summed E-state index contributed by atoms with van der Waals surface area (Å²) in [6, 6.07) is 13.9. The SMILES string of the molecule is CCn1c(C)cc(C(=O)CSc2nnc(-c3cccnc3)n2-c2ccccc2C)c1C. The molecule has 0 bridgehead atoms. The van der Waals surface area contributed by atoms with Crippen LogP contribution in [0.3, 0.4) is 0 Å². The van der Waals surface area contributed by atoms with E-state index >= 15 is 0 Å². The number of Topliss-reactive ketones (excluding diaryl/α,β-unsaturated/α-hetero) is 1. The summed E-state index contributed by atoms with van der Waals surface area (Å²) in [5, 5.41) is 9.55. The monoisotopic (exact) mass is 431 g/mol. The average Bonchev–Trinajstić information content (AvgIpc) is 3.33. The molecule has 4 aromatic rings. The molecule has 0 aliphatic heterocycles. The number of hydrogen-bond acceptors (Lipinski definition) is 5. The maximum Gasteiger partial charge on any atom is 0.196 e. The van der Waals surface area contributed by atoms with Gasteiger partial charge in [0.15, 0.2) is 16.8 Å². The first-order chi connectivity index (χ1) is 15.0. The van der Waals surface area contributed by atoms with Crippen molar-refractivity contribution >= 4 is 17.5 Å². The van der Waals surface area contributed by atoms with E-state index in [1.165, 1.54) is 11.8 Å². The van der Waals surface area contributed by atoms with Crippen molar-refractivity contribution in [3.05, 3.63) is 77.4 Å². The largest absolute Gasteiger partial charge is 0.349 e. The molecule has 0 atom stereocenters. The number of aromatic nitrogens is 5. The Morgan fingerprint density at radius 2 is 1.87 bits per heavy atom. The predicted molar refractivity (Wildman–Crippen MR) is 124 cm³/mol. The van der Waals surface area contributed by atoms with E-state index in [4.69, 9.17) is 0 Å². The van der Waals surface area contributed by atoms with E-state index in [1.807, 2.05) is 54.8 Å². The van der Waals surface area contributed by atoms with Crippen LogP contribution >= 0.6 is 11.8 Å². The van der Waals surface area contributed by atoms with Crippen LogP contribution in [0.15, 0.2) is 60.0 Å². The Hall–Kier alpha value is -3.19. The van der Waals surface area contributed by atoms with Crippen molar-refractivity contribution in [2.24, 2.45) is 0 Å². The van der Waals surface area contributed by atoms with Crippen LogP contribution in [0.5, 0.6) is 0 Å². The zero-order valence-corrected chi connectivity index (χ0v) is 19.0. The molecule has 6 nitrogen and oxygen atoms in total. The maximum atomic E-state index is 13.0. The lowest BCUT2D eigenvalue weighted by Gasteiger charge is -2.12. The van der Waals surface area contributed by atoms with E-state index in [2.05, 4.69) is 39.7 Å². The quantitative estimate of drug-likeness (QED) is 0.303. The maximum absolute atomic E-state index is 13.0. The number of hydrogen-bond donors (Lipinski definition) is 0. The Morgan fingerprint density at radius 3 is 2.55 bits per heavy atom. The number of ketones is 1. The van der Waals surface area contributed by atoms with Crippen LogP contribution in [0, 0.1) is 20.8 Å². The summed E-state index contributed by atoms with van der Waals surface area (Å²) < 4.78 is 4.17. The Kier molecular flexibility index (Phi) is 6.04. The fraction of sp³-hybridized carbons (Fsp3) is 0.250. The number of rotatable bonds is 7. The molecule has 3 aromatic heterocycles. The topological polar surface area (TPSA) is 65.6 Å². The molecular formula is C24H25N5OS. The molecule has 0 aliphatic carbocycles. The van der Waals surface area contributed by atoms with Crippen molar-refractivity contribution in [2.75, 3.05) is 5.75 Å². The second-order valence-electron chi connectivity index (χ2n) is 7.41. The van der Waals surface area contributed by atoms with Gasteiger partial charge in [0, 0.05) is 41.5 Å². The summed E-state index contributed by atoms with van der Waals surface area (Å²) in [7, 11) is 0. The van der Waals surface area contributed by atoms with Gasteiger partial charge in [-0.1, -0.05) is 30.0 Å². The zero-order chi connectivity index (χ0) is 22.0. The minimum atomic E-state index is 0.0973. The molecular weight excluding hydrogens is 406 g/mol. The van der Waals surface area contributed by atoms with E-state index < -0.39 is 0 Å². The van der Waals surface area contributed by atoms with Crippen LogP contribution in [0.2, 0.25) is 0 Å². The summed E-state index contributed by atoms with van der Waals surface area (Å²) in [6.45, 7) is 9.05. The van der Waals surface area contributed by atoms with E-state index in [1.54, 1.807) is 12.4 Å². The van der Waals surface area contributed by atoms with Crippen molar-refractivity contribution < 1.29 is 4.79 Å². The van der Waals surface area contributed by atoms with E-state index in [0.717, 1.165) is 40.3 Å². The van der Waals surface area contributed by atoms with Gasteiger partial charge in [-0.15, -0.1) is 10.2 Å². The number of para-hydroxylation sites is 1. The van der Waals surface area contributed by atoms with Crippen molar-refractivity contribution in [3.8, 4) is 17.1 Å². The van der Waals surface area contributed by atoms with Gasteiger partial charge >= 0.3 is 0 Å². The van der Waals surface area contributed by atoms with Crippen LogP contribution in [0.25, 0.3) is 17.1 Å². The normalized spacial score (nSPS) is 11.1. The summed E-state index contributed by atoms with van der Waals surface area (Å²) in [5.41, 5.74) is 5.87.